The Labute approximate surface area is 284 Å². The van der Waals surface area contributed by atoms with E-state index >= 15 is 0 Å². The highest BCUT2D eigenvalue weighted by molar-refractivity contribution is 5.57. The third-order valence-corrected chi connectivity index (χ3v) is 9.96. The molecule has 5 aliphatic heterocycles. The average Bonchev–Trinajstić information content (AvgIpc) is 3.03. The van der Waals surface area contributed by atoms with Crippen LogP contribution in [0.4, 0.5) is 0 Å². The summed E-state index contributed by atoms with van der Waals surface area (Å²) in [5.41, 5.74) is 5.89. The zero-order chi connectivity index (χ0) is 35.7. The van der Waals surface area contributed by atoms with Crippen LogP contribution < -0.4 is 5.73 Å². The molecule has 5 unspecified atom stereocenters. The van der Waals surface area contributed by atoms with Crippen molar-refractivity contribution in [1.82, 2.24) is 0 Å². The predicted molar refractivity (Wildman–Crippen MR) is 161 cm³/mol. The Morgan fingerprint density at radius 1 is 0.653 bits per heavy atom. The SMILES string of the molecule is CC1O[C@H](O[C@@H]2CO[C@@H](O[C@@H]3C(C)O[C@H](C)C[C@H]3O)C[C@H]2O)C(C(N)O)C[C@@H]1O[C@@H]1O[C@@H](C=O)[C@@H](O[C@@H]2C[C@@H](O)[C@H](O)[C@H](C)O2)[C@H](O)C1O. The lowest BCUT2D eigenvalue weighted by atomic mass is 9.92. The number of aliphatic hydroxyl groups excluding tert-OH is 7. The van der Waals surface area contributed by atoms with Gasteiger partial charge in [0.25, 0.3) is 0 Å². The van der Waals surface area contributed by atoms with Crippen LogP contribution in [0.5, 0.6) is 0 Å². The molecule has 0 aliphatic carbocycles. The molecule has 5 heterocycles. The van der Waals surface area contributed by atoms with Crippen molar-refractivity contribution in [3.63, 3.8) is 0 Å². The summed E-state index contributed by atoms with van der Waals surface area (Å²) >= 11 is 0. The van der Waals surface area contributed by atoms with Gasteiger partial charge >= 0.3 is 0 Å². The second kappa shape index (κ2) is 16.8. The molecule has 5 saturated heterocycles. The van der Waals surface area contributed by atoms with E-state index in [9.17, 15) is 40.5 Å². The number of aliphatic hydroxyl groups is 7. The van der Waals surface area contributed by atoms with E-state index < -0.39 is 117 Å². The maximum absolute atomic E-state index is 12.0. The van der Waals surface area contributed by atoms with Gasteiger partial charge in [0.1, 0.15) is 49.0 Å². The van der Waals surface area contributed by atoms with E-state index in [0.717, 1.165) is 0 Å². The quantitative estimate of drug-likeness (QED) is 0.0816. The highest BCUT2D eigenvalue weighted by Gasteiger charge is 2.51. The Kier molecular flexibility index (Phi) is 13.4. The number of hydrogen-bond acceptors (Lipinski definition) is 18. The predicted octanol–water partition coefficient (Wildman–Crippen LogP) is -3.28. The molecule has 0 bridgehead atoms. The van der Waals surface area contributed by atoms with Gasteiger partial charge in [-0.1, -0.05) is 0 Å². The van der Waals surface area contributed by atoms with Crippen molar-refractivity contribution >= 4 is 6.29 Å². The van der Waals surface area contributed by atoms with Crippen LogP contribution in [0.15, 0.2) is 0 Å². The Hall–Kier alpha value is -1.01. The van der Waals surface area contributed by atoms with E-state index in [0.29, 0.717) is 12.7 Å². The summed E-state index contributed by atoms with van der Waals surface area (Å²) in [5, 5.41) is 73.7. The summed E-state index contributed by atoms with van der Waals surface area (Å²) in [4.78, 5) is 12.0. The molecule has 0 amide bonds. The maximum atomic E-state index is 12.0. The summed E-state index contributed by atoms with van der Waals surface area (Å²) < 4.78 is 52.5. The van der Waals surface area contributed by atoms with Crippen molar-refractivity contribution in [3.05, 3.63) is 0 Å². The van der Waals surface area contributed by atoms with Crippen LogP contribution in [-0.2, 0) is 47.4 Å². The fourth-order valence-corrected chi connectivity index (χ4v) is 7.06. The number of rotatable bonds is 10. The fraction of sp³-hybridized carbons (Fsp3) is 0.968. The first-order valence-electron chi connectivity index (χ1n) is 17.0. The van der Waals surface area contributed by atoms with E-state index in [1.54, 1.807) is 13.8 Å². The lowest BCUT2D eigenvalue weighted by Crippen LogP contribution is -2.62. The number of hydrogen-bond donors (Lipinski definition) is 8. The van der Waals surface area contributed by atoms with Crippen LogP contribution in [0.25, 0.3) is 0 Å². The van der Waals surface area contributed by atoms with Crippen LogP contribution in [0, 0.1) is 5.92 Å². The van der Waals surface area contributed by atoms with Gasteiger partial charge in [-0.3, -0.25) is 0 Å². The topological polar surface area (TPSA) is 268 Å². The van der Waals surface area contributed by atoms with Gasteiger partial charge in [0.15, 0.2) is 31.4 Å². The molecular weight excluding hydrogens is 658 g/mol. The molecule has 18 heteroatoms. The zero-order valence-corrected chi connectivity index (χ0v) is 28.0. The Balaban J connectivity index is 1.15. The molecule has 0 radical (unpaired) electrons. The van der Waals surface area contributed by atoms with E-state index in [2.05, 4.69) is 0 Å². The van der Waals surface area contributed by atoms with Crippen molar-refractivity contribution < 1.29 is 83.2 Å². The van der Waals surface area contributed by atoms with Crippen molar-refractivity contribution in [1.29, 1.82) is 0 Å². The molecule has 9 N–H and O–H groups in total. The van der Waals surface area contributed by atoms with Crippen LogP contribution in [0.1, 0.15) is 53.4 Å². The van der Waals surface area contributed by atoms with Gasteiger partial charge in [-0.25, -0.2) is 0 Å². The Morgan fingerprint density at radius 2 is 1.33 bits per heavy atom. The van der Waals surface area contributed by atoms with Gasteiger partial charge < -0.3 is 88.9 Å². The Morgan fingerprint density at radius 3 is 1.96 bits per heavy atom. The average molecular weight is 712 g/mol. The summed E-state index contributed by atoms with van der Waals surface area (Å²) in [5.74, 6) is -0.879. The smallest absolute Gasteiger partial charge is 0.187 e. The zero-order valence-electron chi connectivity index (χ0n) is 28.0. The number of carbonyl (C=O) groups is 1. The van der Waals surface area contributed by atoms with Crippen LogP contribution in [-0.4, -0.2) is 172 Å². The molecule has 0 spiro atoms. The van der Waals surface area contributed by atoms with Crippen LogP contribution in [0.3, 0.4) is 0 Å². The van der Waals surface area contributed by atoms with Crippen LogP contribution >= 0.6 is 0 Å². The molecule has 284 valence electrons. The van der Waals surface area contributed by atoms with E-state index in [1.165, 1.54) is 6.92 Å². The minimum absolute atomic E-state index is 0.0380. The summed E-state index contributed by atoms with van der Waals surface area (Å²) in [6, 6.07) is 0. The summed E-state index contributed by atoms with van der Waals surface area (Å²) in [7, 11) is 0. The van der Waals surface area contributed by atoms with Gasteiger partial charge in [0.05, 0.1) is 61.4 Å². The summed E-state index contributed by atoms with van der Waals surface area (Å²) in [6.07, 6.45) is -19.9. The van der Waals surface area contributed by atoms with E-state index in [-0.39, 0.29) is 38.1 Å². The van der Waals surface area contributed by atoms with Crippen molar-refractivity contribution in [2.75, 3.05) is 6.61 Å². The normalized spacial score (nSPS) is 52.0. The van der Waals surface area contributed by atoms with Gasteiger partial charge in [-0.05, 0) is 34.1 Å². The third kappa shape index (κ3) is 9.14. The molecule has 0 aromatic carbocycles. The molecule has 5 aliphatic rings. The molecule has 5 fully saturated rings. The highest BCUT2D eigenvalue weighted by atomic mass is 16.8. The Bertz CT molecular complexity index is 1040. The van der Waals surface area contributed by atoms with Gasteiger partial charge in [-0.2, -0.15) is 0 Å². The molecule has 21 atom stereocenters. The number of carbonyl (C=O) groups excluding carboxylic acids is 1. The largest absolute Gasteiger partial charge is 0.390 e. The monoisotopic (exact) mass is 711 g/mol. The molecule has 0 aromatic heterocycles. The third-order valence-electron chi connectivity index (χ3n) is 9.96. The van der Waals surface area contributed by atoms with Gasteiger partial charge in [-0.15, -0.1) is 0 Å². The minimum Gasteiger partial charge on any atom is -0.390 e. The lowest BCUT2D eigenvalue weighted by molar-refractivity contribution is -0.356. The molecule has 49 heavy (non-hydrogen) atoms. The standard InChI is InChI=1S/C31H53NO17/c1-11-5-18(36)27(14(4)42-11)48-22-7-16(34)21(10-41-22)47-30-15(29(32)40)6-19(12(2)44-30)45-31-26(39)25(38)28(20(9-33)46-31)49-23-8-17(35)24(37)13(3)43-23/h9,11-31,34-40H,5-8,10,32H2,1-4H3/t11-,12?,13+,14?,15?,16-,17-,18-,19+,20+,21-,22+,23-,24-,25-,26?,27-,28-,29?,30-,31-/m1/s1. The molecule has 18 nitrogen and oxygen atoms in total. The van der Waals surface area contributed by atoms with Crippen molar-refractivity contribution in [3.8, 4) is 0 Å². The van der Waals surface area contributed by atoms with E-state index in [4.69, 9.17) is 48.4 Å². The first kappa shape index (κ1) is 39.2. The van der Waals surface area contributed by atoms with Crippen molar-refractivity contribution in [2.45, 2.75) is 176 Å². The number of ether oxygens (including phenoxy) is 9. The minimum atomic E-state index is -1.70. The number of nitrogens with two attached hydrogens (primary N) is 1. The van der Waals surface area contributed by atoms with Crippen LogP contribution in [0.2, 0.25) is 0 Å². The fourth-order valence-electron chi connectivity index (χ4n) is 7.06. The molecule has 5 rings (SSSR count). The second-order valence-electron chi connectivity index (χ2n) is 13.8. The summed E-state index contributed by atoms with van der Waals surface area (Å²) in [6.45, 7) is 6.76. The number of aldehydes is 1. The first-order valence-corrected chi connectivity index (χ1v) is 17.0. The molecule has 0 aromatic rings. The van der Waals surface area contributed by atoms with Gasteiger partial charge in [0.2, 0.25) is 0 Å². The second-order valence-corrected chi connectivity index (χ2v) is 13.8. The van der Waals surface area contributed by atoms with Gasteiger partial charge in [0, 0.05) is 19.3 Å². The first-order chi connectivity index (χ1) is 23.2. The molecular formula is C31H53NO17. The van der Waals surface area contributed by atoms with E-state index in [1.807, 2.05) is 6.92 Å². The maximum Gasteiger partial charge on any atom is 0.187 e. The molecule has 0 saturated carbocycles. The lowest BCUT2D eigenvalue weighted by Gasteiger charge is -2.47. The van der Waals surface area contributed by atoms with Crippen molar-refractivity contribution in [2.24, 2.45) is 11.7 Å². The highest BCUT2D eigenvalue weighted by Crippen LogP contribution is 2.36.